The fourth-order valence-electron chi connectivity index (χ4n) is 4.30. The average Bonchev–Trinajstić information content (AvgIpc) is 3.30. The van der Waals surface area contributed by atoms with Crippen LogP contribution in [-0.4, -0.2) is 41.3 Å². The zero-order valence-electron chi connectivity index (χ0n) is 20.9. The smallest absolute Gasteiger partial charge is 0.264 e. The number of pyridine rings is 2. The Morgan fingerprint density at radius 2 is 1.76 bits per heavy atom. The van der Waals surface area contributed by atoms with Crippen molar-refractivity contribution in [1.29, 1.82) is 0 Å². The van der Waals surface area contributed by atoms with Crippen molar-refractivity contribution in [3.63, 3.8) is 0 Å². The Morgan fingerprint density at radius 1 is 0.973 bits per heavy atom. The van der Waals surface area contributed by atoms with E-state index >= 15 is 0 Å². The molecule has 10 heteroatoms. The molecule has 1 aromatic carbocycles. The van der Waals surface area contributed by atoms with E-state index in [1.54, 1.807) is 32.1 Å². The number of nitrogens with one attached hydrogen (secondary N) is 1. The molecule has 4 aromatic heterocycles. The van der Waals surface area contributed by atoms with E-state index in [1.807, 2.05) is 45.0 Å². The first-order valence-electron chi connectivity index (χ1n) is 12.1. The maximum absolute atomic E-state index is 13.0. The van der Waals surface area contributed by atoms with Crippen molar-refractivity contribution in [2.24, 2.45) is 0 Å². The van der Waals surface area contributed by atoms with Crippen LogP contribution in [0, 0.1) is 13.8 Å². The summed E-state index contributed by atoms with van der Waals surface area (Å²) in [6.07, 6.45) is 4.56. The first-order valence-corrected chi connectivity index (χ1v) is 12.1. The Bertz CT molecular complexity index is 1750. The Balaban J connectivity index is 1.32. The molecule has 37 heavy (non-hydrogen) atoms. The molecule has 0 atom stereocenters. The number of aromatic nitrogens is 6. The third kappa shape index (κ3) is 4.65. The zero-order valence-corrected chi connectivity index (χ0v) is 20.9. The highest BCUT2D eigenvalue weighted by Crippen LogP contribution is 2.11. The van der Waals surface area contributed by atoms with Crippen molar-refractivity contribution in [2.45, 2.75) is 40.4 Å². The Hall–Kier alpha value is -4.60. The minimum atomic E-state index is -0.473. The van der Waals surface area contributed by atoms with Gasteiger partial charge in [-0.3, -0.25) is 19.0 Å². The lowest BCUT2D eigenvalue weighted by Gasteiger charge is -2.12. The number of carbonyl (C=O) groups excluding carboxylic acids is 1. The minimum absolute atomic E-state index is 0.0578. The van der Waals surface area contributed by atoms with Crippen LogP contribution < -0.4 is 16.3 Å². The summed E-state index contributed by atoms with van der Waals surface area (Å²) < 4.78 is 4.92. The van der Waals surface area contributed by atoms with Crippen LogP contribution in [0.3, 0.4) is 0 Å². The molecule has 0 bridgehead atoms. The Labute approximate surface area is 212 Å². The highest BCUT2D eigenvalue weighted by molar-refractivity contribution is 5.96. The third-order valence-corrected chi connectivity index (χ3v) is 6.35. The van der Waals surface area contributed by atoms with E-state index in [1.165, 1.54) is 12.5 Å². The molecule has 0 saturated heterocycles. The van der Waals surface area contributed by atoms with E-state index in [0.29, 0.717) is 41.7 Å². The largest absolute Gasteiger partial charge is 0.350 e. The molecule has 5 aromatic rings. The summed E-state index contributed by atoms with van der Waals surface area (Å²) in [5.74, 6) is -0.473. The minimum Gasteiger partial charge on any atom is -0.350 e. The van der Waals surface area contributed by atoms with Crippen molar-refractivity contribution in [2.75, 3.05) is 6.54 Å². The summed E-state index contributed by atoms with van der Waals surface area (Å²) in [4.78, 5) is 47.7. The van der Waals surface area contributed by atoms with Gasteiger partial charge in [0.2, 0.25) is 5.43 Å². The SMILES string of the molecule is CCn1cc(C(=O)NCCn2ncc3c(=O)n(Cc4ccc(C)cc4)cnc32)c(=O)c2ccc(C)nc21. The highest BCUT2D eigenvalue weighted by Gasteiger charge is 2.16. The van der Waals surface area contributed by atoms with Crippen LogP contribution >= 0.6 is 0 Å². The van der Waals surface area contributed by atoms with Gasteiger partial charge < -0.3 is 9.88 Å². The molecule has 0 aliphatic rings. The van der Waals surface area contributed by atoms with Gasteiger partial charge in [0.1, 0.15) is 22.9 Å². The average molecular weight is 498 g/mol. The van der Waals surface area contributed by atoms with E-state index in [4.69, 9.17) is 0 Å². The van der Waals surface area contributed by atoms with E-state index in [-0.39, 0.29) is 23.1 Å². The summed E-state index contributed by atoms with van der Waals surface area (Å²) >= 11 is 0. The molecule has 1 amide bonds. The van der Waals surface area contributed by atoms with Crippen LogP contribution in [0.15, 0.2) is 64.7 Å². The number of amides is 1. The number of hydrogen-bond donors (Lipinski definition) is 1. The van der Waals surface area contributed by atoms with Crippen molar-refractivity contribution >= 4 is 28.0 Å². The van der Waals surface area contributed by atoms with Gasteiger partial charge in [0, 0.05) is 25.0 Å². The molecule has 188 valence electrons. The van der Waals surface area contributed by atoms with Gasteiger partial charge in [-0.2, -0.15) is 5.10 Å². The Kier molecular flexibility index (Phi) is 6.39. The number of benzene rings is 1. The van der Waals surface area contributed by atoms with Crippen LogP contribution in [0.5, 0.6) is 0 Å². The van der Waals surface area contributed by atoms with Crippen LogP contribution in [0.25, 0.3) is 22.1 Å². The summed E-state index contributed by atoms with van der Waals surface area (Å²) in [5, 5.41) is 7.90. The molecule has 0 fully saturated rings. The normalized spacial score (nSPS) is 11.3. The van der Waals surface area contributed by atoms with Crippen molar-refractivity contribution in [1.82, 2.24) is 34.2 Å². The zero-order chi connectivity index (χ0) is 26.1. The van der Waals surface area contributed by atoms with Gasteiger partial charge in [-0.1, -0.05) is 29.8 Å². The second kappa shape index (κ2) is 9.81. The highest BCUT2D eigenvalue weighted by atomic mass is 16.2. The summed E-state index contributed by atoms with van der Waals surface area (Å²) in [6.45, 7) is 7.29. The molecule has 0 saturated carbocycles. The second-order valence-electron chi connectivity index (χ2n) is 9.01. The fourth-order valence-corrected chi connectivity index (χ4v) is 4.30. The van der Waals surface area contributed by atoms with Gasteiger partial charge in [0.05, 0.1) is 24.7 Å². The molecule has 0 radical (unpaired) electrons. The predicted molar refractivity (Wildman–Crippen MR) is 141 cm³/mol. The molecule has 0 aliphatic heterocycles. The number of aryl methyl sites for hydroxylation is 3. The van der Waals surface area contributed by atoms with Gasteiger partial charge in [0.25, 0.3) is 11.5 Å². The van der Waals surface area contributed by atoms with Crippen molar-refractivity contribution < 1.29 is 4.79 Å². The molecule has 1 N–H and O–H groups in total. The standard InChI is InChI=1S/C27H27N7O3/c1-4-32-15-22(23(35)20-10-7-18(3)31-25(20)32)26(36)28-11-12-34-24-21(13-30-34)27(37)33(16-29-24)14-19-8-5-17(2)6-9-19/h5-10,13,15-16H,4,11-12,14H2,1-3H3,(H,28,36). The number of rotatable bonds is 7. The Morgan fingerprint density at radius 3 is 2.51 bits per heavy atom. The van der Waals surface area contributed by atoms with Gasteiger partial charge in [0.15, 0.2) is 5.65 Å². The quantitative estimate of drug-likeness (QED) is 0.369. The van der Waals surface area contributed by atoms with Gasteiger partial charge in [-0.05, 0) is 38.5 Å². The molecule has 4 heterocycles. The van der Waals surface area contributed by atoms with E-state index in [9.17, 15) is 14.4 Å². The van der Waals surface area contributed by atoms with Gasteiger partial charge >= 0.3 is 0 Å². The number of fused-ring (bicyclic) bond motifs is 2. The predicted octanol–water partition coefficient (Wildman–Crippen LogP) is 2.42. The van der Waals surface area contributed by atoms with E-state index in [0.717, 1.165) is 16.8 Å². The van der Waals surface area contributed by atoms with Crippen molar-refractivity contribution in [3.05, 3.63) is 98.1 Å². The fraction of sp³-hybridized carbons (Fsp3) is 0.259. The lowest BCUT2D eigenvalue weighted by atomic mass is 10.1. The maximum atomic E-state index is 13.0. The molecular weight excluding hydrogens is 470 g/mol. The van der Waals surface area contributed by atoms with E-state index < -0.39 is 5.91 Å². The molecular formula is C27H27N7O3. The topological polar surface area (TPSA) is 117 Å². The summed E-state index contributed by atoms with van der Waals surface area (Å²) in [6, 6.07) is 11.4. The lowest BCUT2D eigenvalue weighted by Crippen LogP contribution is -2.32. The van der Waals surface area contributed by atoms with Crippen LogP contribution in [-0.2, 0) is 19.6 Å². The molecule has 0 unspecified atom stereocenters. The number of carbonyl (C=O) groups is 1. The molecule has 0 spiro atoms. The van der Waals surface area contributed by atoms with Crippen LogP contribution in [0.2, 0.25) is 0 Å². The van der Waals surface area contributed by atoms with Crippen LogP contribution in [0.1, 0.15) is 34.1 Å². The number of hydrogen-bond acceptors (Lipinski definition) is 6. The second-order valence-corrected chi connectivity index (χ2v) is 9.01. The molecule has 5 rings (SSSR count). The monoisotopic (exact) mass is 497 g/mol. The first kappa shape index (κ1) is 24.1. The first-order chi connectivity index (χ1) is 17.9. The van der Waals surface area contributed by atoms with Gasteiger partial charge in [-0.15, -0.1) is 0 Å². The third-order valence-electron chi connectivity index (χ3n) is 6.35. The molecule has 10 nitrogen and oxygen atoms in total. The van der Waals surface area contributed by atoms with Crippen molar-refractivity contribution in [3.8, 4) is 0 Å². The van der Waals surface area contributed by atoms with Gasteiger partial charge in [-0.25, -0.2) is 14.6 Å². The summed E-state index contributed by atoms with van der Waals surface area (Å²) in [5.41, 5.74) is 3.49. The van der Waals surface area contributed by atoms with Crippen LogP contribution in [0.4, 0.5) is 0 Å². The summed E-state index contributed by atoms with van der Waals surface area (Å²) in [7, 11) is 0. The number of nitrogens with zero attached hydrogens (tertiary/aromatic N) is 6. The van der Waals surface area contributed by atoms with E-state index in [2.05, 4.69) is 20.4 Å². The molecule has 0 aliphatic carbocycles. The lowest BCUT2D eigenvalue weighted by molar-refractivity contribution is 0.0950. The maximum Gasteiger partial charge on any atom is 0.264 e.